The lowest BCUT2D eigenvalue weighted by Gasteiger charge is -2.24. The third-order valence-corrected chi connectivity index (χ3v) is 5.28. The zero-order chi connectivity index (χ0) is 20.7. The van der Waals surface area contributed by atoms with Gasteiger partial charge in [0.25, 0.3) is 0 Å². The number of carbonyl (C=O) groups is 1. The fourth-order valence-corrected chi connectivity index (χ4v) is 3.11. The minimum absolute atomic E-state index is 0.0265. The first-order chi connectivity index (χ1) is 13.2. The molecule has 0 bridgehead atoms. The Bertz CT molecular complexity index is 937. The van der Waals surface area contributed by atoms with Gasteiger partial charge in [0.15, 0.2) is 0 Å². The Balaban J connectivity index is 2.06. The molecule has 0 saturated carbocycles. The smallest absolute Gasteiger partial charge is 0.246 e. The summed E-state index contributed by atoms with van der Waals surface area (Å²) in [5.74, 6) is 0.602. The molecule has 0 radical (unpaired) electrons. The van der Waals surface area contributed by atoms with Crippen LogP contribution in [0, 0.1) is 0 Å². The van der Waals surface area contributed by atoms with Crippen molar-refractivity contribution in [2.75, 3.05) is 13.7 Å². The Morgan fingerprint density at radius 2 is 1.89 bits per heavy atom. The number of primary sulfonamides is 1. The predicted octanol–water partition coefficient (Wildman–Crippen LogP) is 3.36. The van der Waals surface area contributed by atoms with Gasteiger partial charge in [-0.25, -0.2) is 13.6 Å². The van der Waals surface area contributed by atoms with Crippen LogP contribution in [0.3, 0.4) is 0 Å². The molecule has 2 rings (SSSR count). The lowest BCUT2D eigenvalue weighted by molar-refractivity contribution is -0.126. The first kappa shape index (κ1) is 21.7. The molecule has 1 amide bonds. The van der Waals surface area contributed by atoms with Gasteiger partial charge in [-0.05, 0) is 54.8 Å². The van der Waals surface area contributed by atoms with Crippen molar-refractivity contribution in [1.29, 1.82) is 0 Å². The molecule has 7 heteroatoms. The van der Waals surface area contributed by atoms with E-state index in [1.165, 1.54) is 23.1 Å². The Labute approximate surface area is 166 Å². The van der Waals surface area contributed by atoms with E-state index in [9.17, 15) is 13.2 Å². The number of nitrogens with two attached hydrogens (primary N) is 1. The van der Waals surface area contributed by atoms with E-state index >= 15 is 0 Å². The molecule has 0 heterocycles. The molecule has 0 saturated heterocycles. The second-order valence-electron chi connectivity index (χ2n) is 6.49. The summed E-state index contributed by atoms with van der Waals surface area (Å²) in [5, 5.41) is 5.18. The number of rotatable bonds is 8. The zero-order valence-corrected chi connectivity index (χ0v) is 17.1. The summed E-state index contributed by atoms with van der Waals surface area (Å²) < 4.78 is 28.6. The monoisotopic (exact) mass is 402 g/mol. The average molecular weight is 403 g/mol. The number of amides is 1. The highest BCUT2D eigenvalue weighted by molar-refractivity contribution is 7.89. The molecule has 2 aromatic rings. The van der Waals surface area contributed by atoms with Crippen LogP contribution in [0.2, 0.25) is 0 Å². The van der Waals surface area contributed by atoms with Gasteiger partial charge in [0.1, 0.15) is 5.75 Å². The lowest BCUT2D eigenvalue weighted by atomic mass is 10.1. The lowest BCUT2D eigenvalue weighted by Crippen LogP contribution is -2.28. The van der Waals surface area contributed by atoms with Gasteiger partial charge in [0, 0.05) is 13.1 Å². The molecule has 2 aromatic carbocycles. The fraction of sp³-hybridized carbons (Fsp3) is 0.286. The van der Waals surface area contributed by atoms with Crippen molar-refractivity contribution in [1.82, 2.24) is 4.90 Å². The average Bonchev–Trinajstić information content (AvgIpc) is 2.69. The van der Waals surface area contributed by atoms with Gasteiger partial charge in [-0.1, -0.05) is 31.2 Å². The summed E-state index contributed by atoms with van der Waals surface area (Å²) in [4.78, 5) is 14.1. The molecule has 1 atom stereocenters. The molecule has 6 nitrogen and oxygen atoms in total. The number of carbonyl (C=O) groups excluding carboxylic acids is 1. The van der Waals surface area contributed by atoms with Gasteiger partial charge in [-0.15, -0.1) is 0 Å². The molecule has 0 aliphatic rings. The molecular weight excluding hydrogens is 376 g/mol. The van der Waals surface area contributed by atoms with Crippen LogP contribution in [0.25, 0.3) is 6.08 Å². The summed E-state index contributed by atoms with van der Waals surface area (Å²) in [6.45, 7) is 4.54. The number of ether oxygens (including phenoxy) is 1. The van der Waals surface area contributed by atoms with Gasteiger partial charge >= 0.3 is 0 Å². The highest BCUT2D eigenvalue weighted by Gasteiger charge is 2.17. The topological polar surface area (TPSA) is 89.7 Å². The number of benzene rings is 2. The molecule has 0 spiro atoms. The quantitative estimate of drug-likeness (QED) is 0.686. The number of sulfonamides is 1. The van der Waals surface area contributed by atoms with E-state index in [2.05, 4.69) is 0 Å². The van der Waals surface area contributed by atoms with Crippen LogP contribution in [0.4, 0.5) is 0 Å². The second kappa shape index (κ2) is 9.52. The summed E-state index contributed by atoms with van der Waals surface area (Å²) in [7, 11) is -2.12. The number of likely N-dealkylation sites (N-methyl/N-ethyl adjacent to an activating group) is 1. The van der Waals surface area contributed by atoms with Crippen LogP contribution >= 0.6 is 0 Å². The largest absolute Gasteiger partial charge is 0.494 e. The van der Waals surface area contributed by atoms with Gasteiger partial charge in [0.05, 0.1) is 17.5 Å². The molecule has 0 aliphatic heterocycles. The highest BCUT2D eigenvalue weighted by atomic mass is 32.2. The van der Waals surface area contributed by atoms with Crippen molar-refractivity contribution in [3.63, 3.8) is 0 Å². The van der Waals surface area contributed by atoms with Gasteiger partial charge in [-0.3, -0.25) is 4.79 Å². The molecular formula is C21H26N2O4S. The van der Waals surface area contributed by atoms with Crippen molar-refractivity contribution in [3.05, 3.63) is 65.7 Å². The van der Waals surface area contributed by atoms with E-state index in [0.717, 1.165) is 17.7 Å². The van der Waals surface area contributed by atoms with E-state index < -0.39 is 10.0 Å². The van der Waals surface area contributed by atoms with Gasteiger partial charge < -0.3 is 9.64 Å². The molecule has 0 fully saturated rings. The Kier molecular flexibility index (Phi) is 7.37. The summed E-state index contributed by atoms with van der Waals surface area (Å²) in [5.41, 5.74) is 1.57. The van der Waals surface area contributed by atoms with Crippen LogP contribution in [0.15, 0.2) is 59.5 Å². The van der Waals surface area contributed by atoms with E-state index in [1.807, 2.05) is 38.1 Å². The van der Waals surface area contributed by atoms with Crippen LogP contribution in [0.1, 0.15) is 37.4 Å². The third-order valence-electron chi connectivity index (χ3n) is 4.37. The second-order valence-corrected chi connectivity index (χ2v) is 8.05. The van der Waals surface area contributed by atoms with Crippen LogP contribution < -0.4 is 9.88 Å². The minimum atomic E-state index is -3.79. The SMILES string of the molecule is CCCOc1ccc(C=CC(=O)N(C)C(C)c2cccc(S(N)(=O)=O)c2)cc1. The number of hydrogen-bond acceptors (Lipinski definition) is 4. The van der Waals surface area contributed by atoms with E-state index in [-0.39, 0.29) is 16.8 Å². The van der Waals surface area contributed by atoms with Crippen molar-refractivity contribution < 1.29 is 17.9 Å². The Morgan fingerprint density at radius 1 is 1.21 bits per heavy atom. The molecule has 2 N–H and O–H groups in total. The van der Waals surface area contributed by atoms with Crippen molar-refractivity contribution in [2.24, 2.45) is 5.14 Å². The van der Waals surface area contributed by atoms with Crippen molar-refractivity contribution in [3.8, 4) is 5.75 Å². The van der Waals surface area contributed by atoms with Crippen molar-refractivity contribution >= 4 is 22.0 Å². The Hall–Kier alpha value is -2.64. The molecule has 0 aliphatic carbocycles. The maximum Gasteiger partial charge on any atom is 0.246 e. The highest BCUT2D eigenvalue weighted by Crippen LogP contribution is 2.22. The van der Waals surface area contributed by atoms with Crippen LogP contribution in [0.5, 0.6) is 5.75 Å². The van der Waals surface area contributed by atoms with E-state index in [1.54, 1.807) is 25.3 Å². The van der Waals surface area contributed by atoms with Gasteiger partial charge in [0.2, 0.25) is 15.9 Å². The molecule has 0 aromatic heterocycles. The number of hydrogen-bond donors (Lipinski definition) is 1. The first-order valence-corrected chi connectivity index (χ1v) is 10.6. The maximum atomic E-state index is 12.5. The molecule has 150 valence electrons. The third kappa shape index (κ3) is 5.94. The van der Waals surface area contributed by atoms with Crippen LogP contribution in [-0.4, -0.2) is 32.9 Å². The molecule has 28 heavy (non-hydrogen) atoms. The van der Waals surface area contributed by atoms with Crippen LogP contribution in [-0.2, 0) is 14.8 Å². The zero-order valence-electron chi connectivity index (χ0n) is 16.3. The Morgan fingerprint density at radius 3 is 2.50 bits per heavy atom. The normalized spacial score (nSPS) is 12.7. The standard InChI is InChI=1S/C21H26N2O4S/c1-4-14-27-19-11-8-17(9-12-19)10-13-21(24)23(3)16(2)18-6-5-7-20(15-18)28(22,25)26/h5-13,15-16H,4,14H2,1-3H3,(H2,22,25,26). The van der Waals surface area contributed by atoms with E-state index in [4.69, 9.17) is 9.88 Å². The molecule has 1 unspecified atom stereocenters. The maximum absolute atomic E-state index is 12.5. The van der Waals surface area contributed by atoms with Crippen molar-refractivity contribution in [2.45, 2.75) is 31.2 Å². The summed E-state index contributed by atoms with van der Waals surface area (Å²) >= 11 is 0. The van der Waals surface area contributed by atoms with E-state index in [0.29, 0.717) is 12.2 Å². The first-order valence-electron chi connectivity index (χ1n) is 9.03. The fourth-order valence-electron chi connectivity index (χ4n) is 2.55. The summed E-state index contributed by atoms with van der Waals surface area (Å²) in [6, 6.07) is 13.5. The predicted molar refractivity (Wildman–Crippen MR) is 110 cm³/mol. The minimum Gasteiger partial charge on any atom is -0.494 e. The van der Waals surface area contributed by atoms with Gasteiger partial charge in [-0.2, -0.15) is 0 Å². The summed E-state index contributed by atoms with van der Waals surface area (Å²) in [6.07, 6.45) is 4.17. The number of nitrogens with zero attached hydrogens (tertiary/aromatic N) is 1.